The van der Waals surface area contributed by atoms with Crippen molar-refractivity contribution in [2.75, 3.05) is 13.1 Å². The molecule has 2 fully saturated rings. The van der Waals surface area contributed by atoms with Gasteiger partial charge in [0.25, 0.3) is 0 Å². The van der Waals surface area contributed by atoms with Crippen molar-refractivity contribution in [1.29, 1.82) is 0 Å². The van der Waals surface area contributed by atoms with E-state index in [9.17, 15) is 0 Å². The maximum atomic E-state index is 2.64. The fraction of sp³-hybridized carbons (Fsp3) is 0.400. The molecule has 0 radical (unpaired) electrons. The van der Waals surface area contributed by atoms with Gasteiger partial charge in [0.1, 0.15) is 0 Å². The summed E-state index contributed by atoms with van der Waals surface area (Å²) in [6.45, 7) is 7.17. The van der Waals surface area contributed by atoms with Crippen LogP contribution in [-0.4, -0.2) is 24.0 Å². The van der Waals surface area contributed by atoms with Crippen molar-refractivity contribution in [2.45, 2.75) is 31.7 Å². The van der Waals surface area contributed by atoms with Gasteiger partial charge in [-0.15, -0.1) is 12.4 Å². The van der Waals surface area contributed by atoms with E-state index in [1.54, 1.807) is 5.56 Å². The van der Waals surface area contributed by atoms with Crippen molar-refractivity contribution in [3.8, 4) is 11.1 Å². The summed E-state index contributed by atoms with van der Waals surface area (Å²) in [5.41, 5.74) is 4.66. The number of halogens is 1. The van der Waals surface area contributed by atoms with Crippen LogP contribution in [0.3, 0.4) is 0 Å². The van der Waals surface area contributed by atoms with Crippen LogP contribution in [0.5, 0.6) is 0 Å². The SMILES string of the molecule is CC(C)N1CC2CC2(c2ccc(-c3ccccc3)cc2)C1.Cl. The Morgan fingerprint density at radius 2 is 1.59 bits per heavy atom. The van der Waals surface area contributed by atoms with E-state index in [4.69, 9.17) is 0 Å². The second-order valence-corrected chi connectivity index (χ2v) is 7.02. The molecule has 0 aromatic heterocycles. The molecule has 0 spiro atoms. The number of hydrogen-bond acceptors (Lipinski definition) is 1. The number of hydrogen-bond donors (Lipinski definition) is 0. The molecule has 2 atom stereocenters. The van der Waals surface area contributed by atoms with Gasteiger partial charge in [0.15, 0.2) is 0 Å². The second kappa shape index (κ2) is 5.72. The van der Waals surface area contributed by atoms with Crippen LogP contribution in [0, 0.1) is 5.92 Å². The first-order valence-electron chi connectivity index (χ1n) is 8.09. The summed E-state index contributed by atoms with van der Waals surface area (Å²) in [4.78, 5) is 2.64. The molecule has 0 bridgehead atoms. The van der Waals surface area contributed by atoms with Crippen LogP contribution in [0.2, 0.25) is 0 Å². The normalized spacial score (nSPS) is 26.6. The minimum atomic E-state index is 0. The molecular weight excluding hydrogens is 290 g/mol. The van der Waals surface area contributed by atoms with Crippen LogP contribution in [0.25, 0.3) is 11.1 Å². The topological polar surface area (TPSA) is 3.24 Å². The van der Waals surface area contributed by atoms with Gasteiger partial charge in [0.05, 0.1) is 0 Å². The zero-order chi connectivity index (χ0) is 14.4. The van der Waals surface area contributed by atoms with E-state index in [0.717, 1.165) is 5.92 Å². The molecule has 22 heavy (non-hydrogen) atoms. The Bertz CT molecular complexity index is 635. The highest BCUT2D eigenvalue weighted by Crippen LogP contribution is 2.59. The molecular formula is C20H24ClN. The molecule has 2 unspecified atom stereocenters. The number of piperidine rings is 1. The smallest absolute Gasteiger partial charge is 0.0124 e. The predicted molar refractivity (Wildman–Crippen MR) is 95.6 cm³/mol. The third-order valence-corrected chi connectivity index (χ3v) is 5.47. The van der Waals surface area contributed by atoms with Crippen LogP contribution in [-0.2, 0) is 5.41 Å². The third kappa shape index (κ3) is 2.47. The van der Waals surface area contributed by atoms with Gasteiger partial charge in [-0.2, -0.15) is 0 Å². The summed E-state index contributed by atoms with van der Waals surface area (Å²) in [5, 5.41) is 0. The Morgan fingerprint density at radius 3 is 2.18 bits per heavy atom. The van der Waals surface area contributed by atoms with Gasteiger partial charge in [0.2, 0.25) is 0 Å². The van der Waals surface area contributed by atoms with E-state index in [1.165, 1.54) is 30.6 Å². The fourth-order valence-electron chi connectivity index (χ4n) is 3.99. The van der Waals surface area contributed by atoms with Gasteiger partial charge in [-0.1, -0.05) is 54.6 Å². The van der Waals surface area contributed by atoms with E-state index in [-0.39, 0.29) is 12.4 Å². The molecule has 1 aliphatic heterocycles. The second-order valence-electron chi connectivity index (χ2n) is 7.02. The van der Waals surface area contributed by atoms with Gasteiger partial charge in [0, 0.05) is 24.5 Å². The molecule has 0 amide bonds. The van der Waals surface area contributed by atoms with Crippen molar-refractivity contribution in [2.24, 2.45) is 5.92 Å². The van der Waals surface area contributed by atoms with Crippen molar-refractivity contribution in [3.05, 3.63) is 60.2 Å². The van der Waals surface area contributed by atoms with E-state index < -0.39 is 0 Å². The Balaban J connectivity index is 0.00000144. The zero-order valence-corrected chi connectivity index (χ0v) is 14.1. The van der Waals surface area contributed by atoms with Crippen molar-refractivity contribution < 1.29 is 0 Å². The van der Waals surface area contributed by atoms with Gasteiger partial charge < -0.3 is 0 Å². The maximum Gasteiger partial charge on any atom is 0.0124 e. The minimum Gasteiger partial charge on any atom is -0.300 e. The molecule has 1 saturated heterocycles. The van der Waals surface area contributed by atoms with E-state index >= 15 is 0 Å². The predicted octanol–water partition coefficient (Wildman–Crippen LogP) is 4.76. The average molecular weight is 314 g/mol. The third-order valence-electron chi connectivity index (χ3n) is 5.47. The first-order chi connectivity index (χ1) is 10.2. The molecule has 1 heterocycles. The summed E-state index contributed by atoms with van der Waals surface area (Å²) in [5.74, 6) is 0.891. The van der Waals surface area contributed by atoms with Gasteiger partial charge >= 0.3 is 0 Å². The number of benzene rings is 2. The van der Waals surface area contributed by atoms with Gasteiger partial charge in [-0.3, -0.25) is 4.90 Å². The van der Waals surface area contributed by atoms with Crippen molar-refractivity contribution >= 4 is 12.4 Å². The van der Waals surface area contributed by atoms with Crippen LogP contribution >= 0.6 is 12.4 Å². The quantitative estimate of drug-likeness (QED) is 0.790. The van der Waals surface area contributed by atoms with E-state index in [0.29, 0.717) is 11.5 Å². The number of fused-ring (bicyclic) bond motifs is 1. The summed E-state index contributed by atoms with van der Waals surface area (Å²) in [6, 6.07) is 20.7. The molecule has 2 aliphatic rings. The number of likely N-dealkylation sites (tertiary alicyclic amines) is 1. The Labute approximate surface area is 139 Å². The summed E-state index contributed by atoms with van der Waals surface area (Å²) in [6.07, 6.45) is 1.39. The first-order valence-corrected chi connectivity index (χ1v) is 8.09. The lowest BCUT2D eigenvalue weighted by atomic mass is 9.93. The number of nitrogens with zero attached hydrogens (tertiary/aromatic N) is 1. The highest BCUT2D eigenvalue weighted by atomic mass is 35.5. The summed E-state index contributed by atoms with van der Waals surface area (Å²) < 4.78 is 0. The number of rotatable bonds is 3. The molecule has 2 aromatic carbocycles. The monoisotopic (exact) mass is 313 g/mol. The molecule has 0 N–H and O–H groups in total. The van der Waals surface area contributed by atoms with E-state index in [2.05, 4.69) is 73.3 Å². The lowest BCUT2D eigenvalue weighted by Crippen LogP contribution is -2.32. The lowest BCUT2D eigenvalue weighted by molar-refractivity contribution is 0.243. The minimum absolute atomic E-state index is 0. The Hall–Kier alpha value is -1.31. The largest absolute Gasteiger partial charge is 0.300 e. The molecule has 1 nitrogen and oxygen atoms in total. The standard InChI is InChI=1S/C20H23N.ClH/c1-15(2)21-13-19-12-20(19,14-21)18-10-8-17(9-11-18)16-6-4-3-5-7-16;/h3-11,15,19H,12-14H2,1-2H3;1H. The maximum absolute atomic E-state index is 2.64. The van der Waals surface area contributed by atoms with Crippen LogP contribution in [0.1, 0.15) is 25.8 Å². The zero-order valence-electron chi connectivity index (χ0n) is 13.3. The van der Waals surface area contributed by atoms with Crippen LogP contribution < -0.4 is 0 Å². The van der Waals surface area contributed by atoms with Crippen LogP contribution in [0.15, 0.2) is 54.6 Å². The molecule has 1 saturated carbocycles. The fourth-order valence-corrected chi connectivity index (χ4v) is 3.99. The highest BCUT2D eigenvalue weighted by Gasteiger charge is 2.60. The summed E-state index contributed by atoms with van der Waals surface area (Å²) >= 11 is 0. The average Bonchev–Trinajstić information content (AvgIpc) is 3.10. The van der Waals surface area contributed by atoms with Gasteiger partial charge in [-0.05, 0) is 42.9 Å². The van der Waals surface area contributed by atoms with E-state index in [1.807, 2.05) is 0 Å². The molecule has 1 aliphatic carbocycles. The van der Waals surface area contributed by atoms with Crippen molar-refractivity contribution in [1.82, 2.24) is 4.90 Å². The first kappa shape index (κ1) is 15.6. The molecule has 2 aromatic rings. The lowest BCUT2D eigenvalue weighted by Gasteiger charge is -2.24. The van der Waals surface area contributed by atoms with Crippen LogP contribution in [0.4, 0.5) is 0 Å². The Morgan fingerprint density at radius 1 is 0.955 bits per heavy atom. The molecule has 116 valence electrons. The van der Waals surface area contributed by atoms with Crippen molar-refractivity contribution in [3.63, 3.8) is 0 Å². The molecule has 4 rings (SSSR count). The molecule has 2 heteroatoms. The highest BCUT2D eigenvalue weighted by molar-refractivity contribution is 5.85. The van der Waals surface area contributed by atoms with Gasteiger partial charge in [-0.25, -0.2) is 0 Å². The Kier molecular flexibility index (Phi) is 4.05. The summed E-state index contributed by atoms with van der Waals surface area (Å²) in [7, 11) is 0.